The van der Waals surface area contributed by atoms with Gasteiger partial charge in [0.15, 0.2) is 0 Å². The van der Waals surface area contributed by atoms with Crippen LogP contribution < -0.4 is 0 Å². The van der Waals surface area contributed by atoms with E-state index in [4.69, 9.17) is 2.74 Å². The number of hydrogen-bond acceptors (Lipinski definition) is 4. The molecular weight excluding hydrogens is 404 g/mol. The smallest absolute Gasteiger partial charge is 0.116 e. The Morgan fingerprint density at radius 2 is 1.06 bits per heavy atom. The molecule has 0 aliphatic carbocycles. The molecule has 0 bridgehead atoms. The van der Waals surface area contributed by atoms with Crippen molar-refractivity contribution in [1.82, 2.24) is 19.9 Å². The van der Waals surface area contributed by atoms with Gasteiger partial charge in [-0.15, -0.1) is 0 Å². The molecule has 4 aromatic carbocycles. The van der Waals surface area contributed by atoms with Gasteiger partial charge in [-0.05, 0) is 75.5 Å². The Morgan fingerprint density at radius 3 is 1.55 bits per heavy atom. The highest BCUT2D eigenvalue weighted by atomic mass is 14.8. The summed E-state index contributed by atoms with van der Waals surface area (Å²) in [6, 6.07) is 28.9. The lowest BCUT2D eigenvalue weighted by Crippen LogP contribution is -1.95. The van der Waals surface area contributed by atoms with E-state index < -0.39 is 0 Å². The van der Waals surface area contributed by atoms with Crippen molar-refractivity contribution < 1.29 is 2.74 Å². The van der Waals surface area contributed by atoms with Gasteiger partial charge in [0.1, 0.15) is 15.3 Å². The second-order valence-electron chi connectivity index (χ2n) is 7.97. The van der Waals surface area contributed by atoms with Crippen LogP contribution in [0.2, 0.25) is 0 Å². The third-order valence-electron chi connectivity index (χ3n) is 5.94. The molecule has 33 heavy (non-hydrogen) atoms. The van der Waals surface area contributed by atoms with Crippen LogP contribution in [0, 0.1) is 0 Å². The van der Waals surface area contributed by atoms with E-state index >= 15 is 0 Å². The van der Waals surface area contributed by atoms with E-state index in [0.717, 1.165) is 33.3 Å². The lowest BCUT2D eigenvalue weighted by Gasteiger charge is -2.14. The molecule has 0 aliphatic heterocycles. The minimum atomic E-state index is 0.00881. The second kappa shape index (κ2) is 8.24. The highest BCUT2D eigenvalue weighted by Gasteiger charge is 2.12. The molecule has 4 heteroatoms. The van der Waals surface area contributed by atoms with Crippen molar-refractivity contribution in [2.24, 2.45) is 0 Å². The molecule has 0 amide bonds. The summed E-state index contributed by atoms with van der Waals surface area (Å²) in [5, 5.41) is 4.61. The Balaban J connectivity index is 1.54. The average molecular weight is 427 g/mol. The number of rotatable bonds is 4. The summed E-state index contributed by atoms with van der Waals surface area (Å²) in [4.78, 5) is 16.5. The lowest BCUT2D eigenvalue weighted by molar-refractivity contribution is 1.16. The molecule has 6 rings (SSSR count). The van der Waals surface area contributed by atoms with E-state index in [-0.39, 0.29) is 12.6 Å². The van der Waals surface area contributed by atoms with Crippen LogP contribution in [0.15, 0.2) is 110 Å². The van der Waals surface area contributed by atoms with E-state index in [0.29, 0.717) is 6.42 Å². The number of aromatic nitrogens is 4. The van der Waals surface area contributed by atoms with Gasteiger partial charge in [-0.25, -0.2) is 19.9 Å². The minimum absolute atomic E-state index is 0.00881. The first-order chi connectivity index (χ1) is 17.1. The van der Waals surface area contributed by atoms with Gasteiger partial charge >= 0.3 is 0 Å². The van der Waals surface area contributed by atoms with Gasteiger partial charge in [0.2, 0.25) is 0 Å². The van der Waals surface area contributed by atoms with E-state index in [1.54, 1.807) is 12.4 Å². The zero-order valence-electron chi connectivity index (χ0n) is 19.7. The van der Waals surface area contributed by atoms with E-state index in [2.05, 4.69) is 80.6 Å². The molecule has 0 aliphatic rings. The van der Waals surface area contributed by atoms with Gasteiger partial charge in [-0.2, -0.15) is 0 Å². The van der Waals surface area contributed by atoms with Crippen LogP contribution in [0.3, 0.4) is 0 Å². The van der Waals surface area contributed by atoms with Crippen molar-refractivity contribution in [2.75, 3.05) is 0 Å². The van der Waals surface area contributed by atoms with Crippen LogP contribution in [-0.2, 0) is 6.42 Å². The molecule has 0 saturated carbocycles. The number of fused-ring (bicyclic) bond motifs is 2. The topological polar surface area (TPSA) is 51.6 Å². The van der Waals surface area contributed by atoms with E-state index in [1.165, 1.54) is 21.9 Å². The highest BCUT2D eigenvalue weighted by Crippen LogP contribution is 2.32. The summed E-state index contributed by atoms with van der Waals surface area (Å²) in [5.74, 6) is 0. The second-order valence-corrected chi connectivity index (χ2v) is 7.97. The average Bonchev–Trinajstić information content (AvgIpc) is 2.88. The molecule has 2 aromatic heterocycles. The van der Waals surface area contributed by atoms with Crippen molar-refractivity contribution >= 4 is 21.5 Å². The van der Waals surface area contributed by atoms with Gasteiger partial charge in [-0.3, -0.25) is 0 Å². The van der Waals surface area contributed by atoms with Crippen LogP contribution in [0.4, 0.5) is 0 Å². The maximum Gasteiger partial charge on any atom is 0.116 e. The summed E-state index contributed by atoms with van der Waals surface area (Å²) in [6.45, 7) is 0. The molecule has 0 spiro atoms. The molecule has 156 valence electrons. The third-order valence-corrected chi connectivity index (χ3v) is 5.94. The fourth-order valence-electron chi connectivity index (χ4n) is 4.42. The van der Waals surface area contributed by atoms with Gasteiger partial charge in [0, 0.05) is 23.5 Å². The Bertz CT molecular complexity index is 1590. The summed E-state index contributed by atoms with van der Waals surface area (Å²) in [5.41, 5.74) is 5.75. The van der Waals surface area contributed by atoms with Crippen molar-refractivity contribution in [3.63, 3.8) is 0 Å². The molecule has 4 nitrogen and oxygen atoms in total. The summed E-state index contributed by atoms with van der Waals surface area (Å²) in [7, 11) is 0. The predicted molar refractivity (Wildman–Crippen MR) is 133 cm³/mol. The van der Waals surface area contributed by atoms with E-state index in [1.807, 2.05) is 24.3 Å². The summed E-state index contributed by atoms with van der Waals surface area (Å²) in [6.07, 6.45) is 3.97. The Hall–Kier alpha value is -4.44. The summed E-state index contributed by atoms with van der Waals surface area (Å²) < 4.78 is 15.7. The van der Waals surface area contributed by atoms with Gasteiger partial charge < -0.3 is 0 Å². The molecule has 6 aromatic rings. The molecule has 2 heterocycles. The quantitative estimate of drug-likeness (QED) is 0.323. The van der Waals surface area contributed by atoms with Crippen LogP contribution in [0.25, 0.3) is 44.1 Å². The first kappa shape index (κ1) is 17.2. The zero-order valence-corrected chi connectivity index (χ0v) is 17.7. The molecule has 0 N–H and O–H groups in total. The Labute approximate surface area is 194 Å². The van der Waals surface area contributed by atoms with Crippen LogP contribution in [0.5, 0.6) is 0 Å². The van der Waals surface area contributed by atoms with Crippen LogP contribution >= 0.6 is 0 Å². The van der Waals surface area contributed by atoms with Crippen molar-refractivity contribution in [2.45, 2.75) is 6.42 Å². The molecule has 0 fully saturated rings. The van der Waals surface area contributed by atoms with E-state index in [9.17, 15) is 0 Å². The van der Waals surface area contributed by atoms with Crippen molar-refractivity contribution in [1.29, 1.82) is 0 Å². The largest absolute Gasteiger partial charge is 0.245 e. The SMILES string of the molecule is [2H]c1nccc(-c2cc(Cc3cc(-c4ccnc([2H])n4)cc4ccccc34)c3ccccc3c2)n1. The molecule has 0 radical (unpaired) electrons. The standard InChI is InChI=1S/C29H20N4/c1-3-7-26-20(5-1)13-24(28-9-11-30-18-32-28)16-22(26)15-23-17-25(29-10-12-31-19-33-29)14-21-6-2-4-8-27(21)23/h1-14,16-19H,15H2/i18D,19D. The van der Waals surface area contributed by atoms with Crippen molar-refractivity contribution in [3.05, 3.63) is 121 Å². The molecule has 0 atom stereocenters. The summed E-state index contributed by atoms with van der Waals surface area (Å²) >= 11 is 0. The number of hydrogen-bond donors (Lipinski definition) is 0. The Kier molecular flexibility index (Phi) is 4.29. The predicted octanol–water partition coefficient (Wildman–Crippen LogP) is 6.50. The minimum Gasteiger partial charge on any atom is -0.245 e. The highest BCUT2D eigenvalue weighted by molar-refractivity contribution is 5.93. The lowest BCUT2D eigenvalue weighted by atomic mass is 9.91. The fraction of sp³-hybridized carbons (Fsp3) is 0.0345. The zero-order chi connectivity index (χ0) is 23.8. The maximum atomic E-state index is 7.85. The third kappa shape index (κ3) is 3.72. The molecule has 0 unspecified atom stereocenters. The maximum absolute atomic E-state index is 7.85. The molecular formula is C29H20N4. The Morgan fingerprint density at radius 1 is 0.576 bits per heavy atom. The van der Waals surface area contributed by atoms with Gasteiger partial charge in [-0.1, -0.05) is 48.5 Å². The fourth-order valence-corrected chi connectivity index (χ4v) is 4.42. The first-order valence-corrected chi connectivity index (χ1v) is 10.8. The van der Waals surface area contributed by atoms with Gasteiger partial charge in [0.05, 0.1) is 11.4 Å². The molecule has 0 saturated heterocycles. The first-order valence-electron chi connectivity index (χ1n) is 11.8. The van der Waals surface area contributed by atoms with Crippen molar-refractivity contribution in [3.8, 4) is 22.5 Å². The monoisotopic (exact) mass is 426 g/mol. The van der Waals surface area contributed by atoms with Crippen LogP contribution in [0.1, 0.15) is 13.9 Å². The number of nitrogens with zero attached hydrogens (tertiary/aromatic N) is 4. The van der Waals surface area contributed by atoms with Gasteiger partial charge in [0.25, 0.3) is 0 Å². The van der Waals surface area contributed by atoms with Crippen LogP contribution in [-0.4, -0.2) is 19.9 Å². The normalized spacial score (nSPS) is 12.0. The number of benzene rings is 4.